The van der Waals surface area contributed by atoms with Gasteiger partial charge in [-0.1, -0.05) is 47.6 Å². The summed E-state index contributed by atoms with van der Waals surface area (Å²) in [4.78, 5) is 10.7. The molecule has 0 fully saturated rings. The Labute approximate surface area is 178 Å². The van der Waals surface area contributed by atoms with Gasteiger partial charge in [-0.05, 0) is 31.0 Å². The van der Waals surface area contributed by atoms with E-state index in [1.165, 1.54) is 17.8 Å². The number of non-ortho nitro benzene ring substituents is 1. The van der Waals surface area contributed by atoms with Crippen molar-refractivity contribution >= 4 is 29.1 Å². The summed E-state index contributed by atoms with van der Waals surface area (Å²) in [7, 11) is 1.67. The minimum atomic E-state index is -0.385. The molecule has 0 aliphatic heterocycles. The zero-order chi connectivity index (χ0) is 20.8. The number of aromatic nitrogens is 3. The molecule has 1 aromatic heterocycles. The number of hydrogen-bond acceptors (Lipinski definition) is 6. The molecule has 0 saturated carbocycles. The zero-order valence-corrected chi connectivity index (χ0v) is 17.7. The van der Waals surface area contributed by atoms with Gasteiger partial charge in [-0.15, -0.1) is 10.2 Å². The number of benzene rings is 2. The lowest BCUT2D eigenvalue weighted by molar-refractivity contribution is -0.384. The van der Waals surface area contributed by atoms with Crippen LogP contribution < -0.4 is 0 Å². The van der Waals surface area contributed by atoms with E-state index in [0.717, 1.165) is 22.7 Å². The van der Waals surface area contributed by atoms with Crippen molar-refractivity contribution < 1.29 is 9.66 Å². The summed E-state index contributed by atoms with van der Waals surface area (Å²) < 4.78 is 7.21. The van der Waals surface area contributed by atoms with E-state index < -0.39 is 0 Å². The smallest absolute Gasteiger partial charge is 0.269 e. The minimum absolute atomic E-state index is 0.0422. The van der Waals surface area contributed by atoms with Crippen molar-refractivity contribution in [2.24, 2.45) is 0 Å². The number of halogens is 1. The Hall–Kier alpha value is -2.42. The van der Waals surface area contributed by atoms with Crippen LogP contribution in [0.2, 0.25) is 5.02 Å². The molecule has 152 valence electrons. The first-order chi connectivity index (χ1) is 14.0. The van der Waals surface area contributed by atoms with E-state index in [0.29, 0.717) is 24.0 Å². The Balaban J connectivity index is 1.91. The van der Waals surface area contributed by atoms with Crippen molar-refractivity contribution in [3.63, 3.8) is 0 Å². The fourth-order valence-corrected chi connectivity index (χ4v) is 4.12. The van der Waals surface area contributed by atoms with Crippen LogP contribution in [-0.2, 0) is 11.3 Å². The van der Waals surface area contributed by atoms with Crippen LogP contribution in [0.15, 0.2) is 53.7 Å². The second kappa shape index (κ2) is 9.87. The van der Waals surface area contributed by atoms with Gasteiger partial charge >= 0.3 is 0 Å². The summed E-state index contributed by atoms with van der Waals surface area (Å²) in [5.74, 6) is 0.695. The lowest BCUT2D eigenvalue weighted by Gasteiger charge is -2.14. The highest BCUT2D eigenvalue weighted by molar-refractivity contribution is 7.99. The molecular formula is C20H21ClN4O3S. The van der Waals surface area contributed by atoms with E-state index in [-0.39, 0.29) is 15.9 Å². The highest BCUT2D eigenvalue weighted by atomic mass is 35.5. The molecule has 0 N–H and O–H groups in total. The van der Waals surface area contributed by atoms with Crippen LogP contribution >= 0.6 is 23.4 Å². The first-order valence-corrected chi connectivity index (χ1v) is 10.3. The molecule has 1 unspecified atom stereocenters. The number of hydrogen-bond donors (Lipinski definition) is 0. The fourth-order valence-electron chi connectivity index (χ4n) is 2.90. The van der Waals surface area contributed by atoms with Gasteiger partial charge in [-0.25, -0.2) is 0 Å². The summed E-state index contributed by atoms with van der Waals surface area (Å²) >= 11 is 7.88. The molecule has 7 nitrogen and oxygen atoms in total. The standard InChI is InChI=1S/C20H21ClN4O3S/c1-14(15-7-5-8-16(13-15)25(26)27)29-20-23-22-19(24(20)11-6-12-28-2)17-9-3-4-10-18(17)21/h3-5,7-10,13-14H,6,11-12H2,1-2H3. The maximum Gasteiger partial charge on any atom is 0.269 e. The maximum atomic E-state index is 11.1. The summed E-state index contributed by atoms with van der Waals surface area (Å²) in [6.45, 7) is 3.28. The normalized spacial score (nSPS) is 12.1. The summed E-state index contributed by atoms with van der Waals surface area (Å²) in [5.41, 5.74) is 1.75. The number of nitro groups is 1. The number of ether oxygens (including phenoxy) is 1. The van der Waals surface area contributed by atoms with Crippen molar-refractivity contribution in [1.29, 1.82) is 0 Å². The van der Waals surface area contributed by atoms with Crippen molar-refractivity contribution in [3.8, 4) is 11.4 Å². The monoisotopic (exact) mass is 432 g/mol. The fraction of sp³-hybridized carbons (Fsp3) is 0.300. The molecule has 0 aliphatic rings. The quantitative estimate of drug-likeness (QED) is 0.195. The lowest BCUT2D eigenvalue weighted by Crippen LogP contribution is -2.06. The second-order valence-electron chi connectivity index (χ2n) is 6.40. The van der Waals surface area contributed by atoms with Gasteiger partial charge in [0.2, 0.25) is 0 Å². The molecule has 0 bridgehead atoms. The number of nitrogens with zero attached hydrogens (tertiary/aromatic N) is 4. The molecule has 1 atom stereocenters. The van der Waals surface area contributed by atoms with Crippen molar-refractivity contribution in [2.45, 2.75) is 30.3 Å². The molecular weight excluding hydrogens is 412 g/mol. The van der Waals surface area contributed by atoms with E-state index in [4.69, 9.17) is 16.3 Å². The van der Waals surface area contributed by atoms with Gasteiger partial charge in [0.25, 0.3) is 5.69 Å². The highest BCUT2D eigenvalue weighted by Crippen LogP contribution is 2.37. The molecule has 29 heavy (non-hydrogen) atoms. The topological polar surface area (TPSA) is 83.1 Å². The summed E-state index contributed by atoms with van der Waals surface area (Å²) in [5, 5.41) is 21.1. The predicted molar refractivity (Wildman–Crippen MR) is 114 cm³/mol. The average Bonchev–Trinajstić information content (AvgIpc) is 3.11. The van der Waals surface area contributed by atoms with Gasteiger partial charge in [0, 0.05) is 43.2 Å². The Morgan fingerprint density at radius 2 is 2.03 bits per heavy atom. The van der Waals surface area contributed by atoms with Crippen LogP contribution in [0.1, 0.15) is 24.2 Å². The predicted octanol–water partition coefficient (Wildman–Crippen LogP) is 5.40. The third-order valence-corrected chi connectivity index (χ3v) is 5.86. The van der Waals surface area contributed by atoms with E-state index in [9.17, 15) is 10.1 Å². The average molecular weight is 433 g/mol. The third-order valence-electron chi connectivity index (χ3n) is 4.39. The molecule has 0 radical (unpaired) electrons. The largest absolute Gasteiger partial charge is 0.385 e. The Morgan fingerprint density at radius 3 is 2.76 bits per heavy atom. The Morgan fingerprint density at radius 1 is 1.24 bits per heavy atom. The van der Waals surface area contributed by atoms with Crippen molar-refractivity contribution in [1.82, 2.24) is 14.8 Å². The van der Waals surface area contributed by atoms with Gasteiger partial charge in [0.1, 0.15) is 0 Å². The van der Waals surface area contributed by atoms with Gasteiger partial charge in [-0.2, -0.15) is 0 Å². The lowest BCUT2D eigenvalue weighted by atomic mass is 10.1. The zero-order valence-electron chi connectivity index (χ0n) is 16.1. The van der Waals surface area contributed by atoms with E-state index >= 15 is 0 Å². The second-order valence-corrected chi connectivity index (χ2v) is 8.11. The molecule has 0 spiro atoms. The third kappa shape index (κ3) is 5.14. The van der Waals surface area contributed by atoms with Gasteiger partial charge in [0.15, 0.2) is 11.0 Å². The van der Waals surface area contributed by atoms with Crippen LogP contribution in [-0.4, -0.2) is 33.4 Å². The Kier molecular flexibility index (Phi) is 7.24. The highest BCUT2D eigenvalue weighted by Gasteiger charge is 2.20. The first-order valence-electron chi connectivity index (χ1n) is 9.09. The van der Waals surface area contributed by atoms with E-state index in [1.807, 2.05) is 41.8 Å². The summed E-state index contributed by atoms with van der Waals surface area (Å²) in [6.07, 6.45) is 0.796. The van der Waals surface area contributed by atoms with Crippen molar-refractivity contribution in [3.05, 3.63) is 69.2 Å². The molecule has 3 rings (SSSR count). The van der Waals surface area contributed by atoms with Crippen molar-refractivity contribution in [2.75, 3.05) is 13.7 Å². The molecule has 0 amide bonds. The SMILES string of the molecule is COCCCn1c(SC(C)c2cccc([N+](=O)[O-])c2)nnc1-c1ccccc1Cl. The molecule has 3 aromatic rings. The van der Waals surface area contributed by atoms with Crippen LogP contribution in [0.5, 0.6) is 0 Å². The molecule has 0 saturated heterocycles. The van der Waals surface area contributed by atoms with E-state index in [1.54, 1.807) is 19.2 Å². The number of thioether (sulfide) groups is 1. The number of nitro benzene ring substituents is 1. The molecule has 0 aliphatic carbocycles. The summed E-state index contributed by atoms with van der Waals surface area (Å²) in [6, 6.07) is 14.2. The first kappa shape index (κ1) is 21.3. The van der Waals surface area contributed by atoms with E-state index in [2.05, 4.69) is 10.2 Å². The van der Waals surface area contributed by atoms with Gasteiger partial charge in [0.05, 0.1) is 9.95 Å². The van der Waals surface area contributed by atoms with Gasteiger partial charge < -0.3 is 9.30 Å². The minimum Gasteiger partial charge on any atom is -0.385 e. The van der Waals surface area contributed by atoms with Crippen LogP contribution in [0.25, 0.3) is 11.4 Å². The van der Waals surface area contributed by atoms with Crippen LogP contribution in [0, 0.1) is 10.1 Å². The van der Waals surface area contributed by atoms with Crippen LogP contribution in [0.4, 0.5) is 5.69 Å². The number of rotatable bonds is 9. The van der Waals surface area contributed by atoms with Crippen LogP contribution in [0.3, 0.4) is 0 Å². The maximum absolute atomic E-state index is 11.1. The van der Waals surface area contributed by atoms with Gasteiger partial charge in [-0.3, -0.25) is 10.1 Å². The molecule has 9 heteroatoms. The molecule has 1 heterocycles. The Bertz CT molecular complexity index is 995. The molecule has 2 aromatic carbocycles. The number of methoxy groups -OCH3 is 1.